The van der Waals surface area contributed by atoms with Gasteiger partial charge in [0.05, 0.1) is 22.4 Å². The number of anilines is 1. The number of nitrogens with zero attached hydrogens (tertiary/aromatic N) is 3. The largest absolute Gasteiger partial charge is 0.360 e. The highest BCUT2D eigenvalue weighted by atomic mass is 35.5. The fraction of sp³-hybridized carbons (Fsp3) is 0.304. The Labute approximate surface area is 183 Å². The first kappa shape index (κ1) is 19.8. The Morgan fingerprint density at radius 3 is 2.94 bits per heavy atom. The van der Waals surface area contributed by atoms with Crippen LogP contribution in [0.4, 0.5) is 5.69 Å². The summed E-state index contributed by atoms with van der Waals surface area (Å²) in [5.41, 5.74) is 1.83. The summed E-state index contributed by atoms with van der Waals surface area (Å²) in [6.45, 7) is 1.74. The van der Waals surface area contributed by atoms with Gasteiger partial charge in [0.2, 0.25) is 5.91 Å². The number of rotatable bonds is 4. The third-order valence-electron chi connectivity index (χ3n) is 6.08. The Hall–Kier alpha value is -3.19. The van der Waals surface area contributed by atoms with Gasteiger partial charge in [-0.05, 0) is 56.4 Å². The standard InChI is InChI=1S/C23H21ClN4O3/c1-13-20-22(27-31-13)21-17(24)5-2-6-18(21)28(23(20)30)16-8-7-14(10-16)11-19(29)26-15-4-3-9-25-12-15/h2-6,9,12,14,16H,7-8,10-11H2,1H3,(H,26,29)/t14-,16+/m1/s1. The van der Waals surface area contributed by atoms with Gasteiger partial charge in [0.15, 0.2) is 0 Å². The van der Waals surface area contributed by atoms with Crippen molar-refractivity contribution >= 4 is 45.0 Å². The molecule has 1 fully saturated rings. The van der Waals surface area contributed by atoms with E-state index in [1.165, 1.54) is 0 Å². The number of pyridine rings is 2. The van der Waals surface area contributed by atoms with Crippen LogP contribution in [-0.4, -0.2) is 20.6 Å². The molecule has 1 saturated carbocycles. The summed E-state index contributed by atoms with van der Waals surface area (Å²) in [7, 11) is 0. The average Bonchev–Trinajstić information content (AvgIpc) is 3.36. The fourth-order valence-electron chi connectivity index (χ4n) is 4.71. The number of carbonyl (C=O) groups excluding carboxylic acids is 1. The normalized spacial score (nSPS) is 18.6. The number of aromatic nitrogens is 3. The van der Waals surface area contributed by atoms with E-state index in [4.69, 9.17) is 16.1 Å². The van der Waals surface area contributed by atoms with Crippen molar-refractivity contribution in [3.63, 3.8) is 0 Å². The van der Waals surface area contributed by atoms with E-state index >= 15 is 0 Å². The van der Waals surface area contributed by atoms with Crippen molar-refractivity contribution in [2.24, 2.45) is 5.92 Å². The maximum atomic E-state index is 13.4. The molecular weight excluding hydrogens is 416 g/mol. The molecule has 0 unspecified atom stereocenters. The highest BCUT2D eigenvalue weighted by Gasteiger charge is 2.31. The topological polar surface area (TPSA) is 90.0 Å². The lowest BCUT2D eigenvalue weighted by Gasteiger charge is -2.18. The van der Waals surface area contributed by atoms with Crippen molar-refractivity contribution < 1.29 is 9.32 Å². The first-order valence-electron chi connectivity index (χ1n) is 10.3. The first-order valence-corrected chi connectivity index (χ1v) is 10.7. The van der Waals surface area contributed by atoms with Crippen LogP contribution in [0.3, 0.4) is 0 Å². The van der Waals surface area contributed by atoms with Gasteiger partial charge in [-0.3, -0.25) is 14.6 Å². The van der Waals surface area contributed by atoms with E-state index < -0.39 is 0 Å². The maximum absolute atomic E-state index is 13.4. The Balaban J connectivity index is 1.45. The molecule has 0 radical (unpaired) electrons. The minimum absolute atomic E-state index is 0.0108. The molecule has 0 aliphatic heterocycles. The summed E-state index contributed by atoms with van der Waals surface area (Å²) in [4.78, 5) is 29.9. The summed E-state index contributed by atoms with van der Waals surface area (Å²) in [5.74, 6) is 0.646. The van der Waals surface area contributed by atoms with Crippen LogP contribution in [-0.2, 0) is 4.79 Å². The Morgan fingerprint density at radius 1 is 1.26 bits per heavy atom. The van der Waals surface area contributed by atoms with E-state index in [-0.39, 0.29) is 23.4 Å². The predicted octanol–water partition coefficient (Wildman–Crippen LogP) is 4.87. The SMILES string of the molecule is Cc1onc2c1c(=O)n([C@H]1CC[C@@H](CC(=O)Nc3cccnc3)C1)c1cccc(Cl)c21. The number of amides is 1. The Kier molecular flexibility index (Phi) is 4.98. The van der Waals surface area contributed by atoms with Gasteiger partial charge >= 0.3 is 0 Å². The number of nitrogens with one attached hydrogen (secondary N) is 1. The minimum Gasteiger partial charge on any atom is -0.360 e. The van der Waals surface area contributed by atoms with E-state index in [1.807, 2.05) is 22.8 Å². The molecule has 0 bridgehead atoms. The molecular formula is C23H21ClN4O3. The van der Waals surface area contributed by atoms with Gasteiger partial charge in [-0.1, -0.05) is 22.8 Å². The summed E-state index contributed by atoms with van der Waals surface area (Å²) in [6, 6.07) is 9.12. The van der Waals surface area contributed by atoms with E-state index in [0.717, 1.165) is 30.2 Å². The zero-order valence-electron chi connectivity index (χ0n) is 17.0. The van der Waals surface area contributed by atoms with E-state index in [2.05, 4.69) is 15.5 Å². The van der Waals surface area contributed by atoms with Gasteiger partial charge in [0.25, 0.3) is 5.56 Å². The predicted molar refractivity (Wildman–Crippen MR) is 119 cm³/mol. The lowest BCUT2D eigenvalue weighted by molar-refractivity contribution is -0.117. The van der Waals surface area contributed by atoms with Gasteiger partial charge in [0.1, 0.15) is 16.7 Å². The number of hydrogen-bond acceptors (Lipinski definition) is 5. The highest BCUT2D eigenvalue weighted by molar-refractivity contribution is 6.37. The molecule has 3 heterocycles. The average molecular weight is 437 g/mol. The monoisotopic (exact) mass is 436 g/mol. The van der Waals surface area contributed by atoms with Gasteiger partial charge in [0, 0.05) is 24.0 Å². The zero-order chi connectivity index (χ0) is 21.5. The first-order chi connectivity index (χ1) is 15.0. The highest BCUT2D eigenvalue weighted by Crippen LogP contribution is 2.39. The number of fused-ring (bicyclic) bond motifs is 3. The van der Waals surface area contributed by atoms with Crippen molar-refractivity contribution in [3.8, 4) is 0 Å². The second kappa shape index (κ2) is 7.81. The third-order valence-corrected chi connectivity index (χ3v) is 6.40. The maximum Gasteiger partial charge on any atom is 0.264 e. The van der Waals surface area contributed by atoms with Crippen LogP contribution < -0.4 is 10.9 Å². The molecule has 0 saturated heterocycles. The zero-order valence-corrected chi connectivity index (χ0v) is 17.7. The number of aryl methyl sites for hydroxylation is 1. The number of benzene rings is 1. The van der Waals surface area contributed by atoms with E-state index in [1.54, 1.807) is 31.5 Å². The molecule has 0 spiro atoms. The Bertz CT molecular complexity index is 1350. The van der Waals surface area contributed by atoms with Crippen molar-refractivity contribution in [1.29, 1.82) is 0 Å². The molecule has 158 valence electrons. The molecule has 31 heavy (non-hydrogen) atoms. The molecule has 7 nitrogen and oxygen atoms in total. The molecule has 8 heteroatoms. The van der Waals surface area contributed by atoms with Gasteiger partial charge in [-0.15, -0.1) is 0 Å². The van der Waals surface area contributed by atoms with Crippen LogP contribution in [0.15, 0.2) is 52.0 Å². The molecule has 4 aromatic rings. The lowest BCUT2D eigenvalue weighted by atomic mass is 10.0. The second-order valence-electron chi connectivity index (χ2n) is 8.10. The van der Waals surface area contributed by atoms with E-state index in [0.29, 0.717) is 33.8 Å². The lowest BCUT2D eigenvalue weighted by Crippen LogP contribution is -2.25. The van der Waals surface area contributed by atoms with Crippen molar-refractivity contribution in [3.05, 3.63) is 63.9 Å². The molecule has 5 rings (SSSR count). The summed E-state index contributed by atoms with van der Waals surface area (Å²) >= 11 is 6.50. The number of carbonyl (C=O) groups is 1. The van der Waals surface area contributed by atoms with Crippen LogP contribution >= 0.6 is 11.6 Å². The van der Waals surface area contributed by atoms with Crippen molar-refractivity contribution in [1.82, 2.24) is 14.7 Å². The smallest absolute Gasteiger partial charge is 0.264 e. The minimum atomic E-state index is -0.117. The summed E-state index contributed by atoms with van der Waals surface area (Å²) in [6.07, 6.45) is 6.15. The molecule has 1 aliphatic carbocycles. The van der Waals surface area contributed by atoms with Crippen LogP contribution in [0.25, 0.3) is 21.8 Å². The summed E-state index contributed by atoms with van der Waals surface area (Å²) in [5, 5.41) is 8.73. The molecule has 1 N–H and O–H groups in total. The van der Waals surface area contributed by atoms with Crippen LogP contribution in [0.5, 0.6) is 0 Å². The van der Waals surface area contributed by atoms with Gasteiger partial charge in [-0.25, -0.2) is 0 Å². The van der Waals surface area contributed by atoms with Crippen LogP contribution in [0.1, 0.15) is 37.5 Å². The van der Waals surface area contributed by atoms with E-state index in [9.17, 15) is 9.59 Å². The quantitative estimate of drug-likeness (QED) is 0.493. The molecule has 3 aromatic heterocycles. The third kappa shape index (κ3) is 3.49. The Morgan fingerprint density at radius 2 is 2.13 bits per heavy atom. The van der Waals surface area contributed by atoms with Crippen LogP contribution in [0, 0.1) is 12.8 Å². The van der Waals surface area contributed by atoms with Gasteiger partial charge in [-0.2, -0.15) is 0 Å². The molecule has 1 aliphatic rings. The van der Waals surface area contributed by atoms with Crippen molar-refractivity contribution in [2.45, 2.75) is 38.6 Å². The second-order valence-corrected chi connectivity index (χ2v) is 8.51. The number of halogens is 1. The number of hydrogen-bond donors (Lipinski definition) is 1. The molecule has 1 amide bonds. The summed E-state index contributed by atoms with van der Waals surface area (Å²) < 4.78 is 7.15. The molecule has 1 aromatic carbocycles. The fourth-order valence-corrected chi connectivity index (χ4v) is 4.97. The van der Waals surface area contributed by atoms with Crippen LogP contribution in [0.2, 0.25) is 5.02 Å². The molecule has 2 atom stereocenters. The van der Waals surface area contributed by atoms with Gasteiger partial charge < -0.3 is 14.4 Å². The van der Waals surface area contributed by atoms with Crippen molar-refractivity contribution in [2.75, 3.05) is 5.32 Å².